The van der Waals surface area contributed by atoms with Gasteiger partial charge in [0.05, 0.1) is 13.7 Å². The minimum Gasteiger partial charge on any atom is -0.497 e. The lowest BCUT2D eigenvalue weighted by atomic mass is 10.2. The number of hydrogen-bond donors (Lipinski definition) is 3. The van der Waals surface area contributed by atoms with Crippen molar-refractivity contribution in [1.29, 1.82) is 0 Å². The van der Waals surface area contributed by atoms with Gasteiger partial charge >= 0.3 is 5.97 Å². The number of anilines is 2. The van der Waals surface area contributed by atoms with E-state index in [-0.39, 0.29) is 23.3 Å². The predicted molar refractivity (Wildman–Crippen MR) is 107 cm³/mol. The van der Waals surface area contributed by atoms with Crippen LogP contribution in [0.5, 0.6) is 5.75 Å². The number of benzene rings is 1. The Hall–Kier alpha value is -3.01. The molecule has 2 aromatic rings. The molecule has 0 radical (unpaired) electrons. The van der Waals surface area contributed by atoms with Crippen molar-refractivity contribution in [3.05, 3.63) is 40.2 Å². The number of nitrogens with two attached hydrogens (primary N) is 1. The molecule has 1 heterocycles. The molecule has 0 unspecified atom stereocenters. The second kappa shape index (κ2) is 9.79. The lowest BCUT2D eigenvalue weighted by Crippen LogP contribution is -2.24. The Balaban J connectivity index is 2.17. The van der Waals surface area contributed by atoms with Crippen LogP contribution in [0.1, 0.15) is 30.6 Å². The number of carbonyl (C=O) groups excluding carboxylic acids is 2. The molecule has 9 nitrogen and oxygen atoms in total. The predicted octanol–water partition coefficient (Wildman–Crippen LogP) is 2.05. The lowest BCUT2D eigenvalue weighted by Gasteiger charge is -2.13. The Bertz CT molecular complexity index is 898. The highest BCUT2D eigenvalue weighted by Crippen LogP contribution is 2.24. The van der Waals surface area contributed by atoms with Crippen molar-refractivity contribution in [2.24, 2.45) is 0 Å². The first-order chi connectivity index (χ1) is 13.4. The van der Waals surface area contributed by atoms with Gasteiger partial charge < -0.3 is 20.5 Å². The summed E-state index contributed by atoms with van der Waals surface area (Å²) in [6.07, 6.45) is 0.489. The molecule has 0 bridgehead atoms. The fourth-order valence-corrected chi connectivity index (χ4v) is 3.15. The van der Waals surface area contributed by atoms with Crippen LogP contribution in [0.3, 0.4) is 0 Å². The second-order valence-electron chi connectivity index (χ2n) is 5.58. The molecule has 150 valence electrons. The van der Waals surface area contributed by atoms with Gasteiger partial charge in [-0.25, -0.2) is 4.98 Å². The molecule has 0 aliphatic rings. The zero-order chi connectivity index (χ0) is 20.7. The van der Waals surface area contributed by atoms with Gasteiger partial charge in [0.25, 0.3) is 11.5 Å². The van der Waals surface area contributed by atoms with Gasteiger partial charge in [-0.05, 0) is 37.6 Å². The summed E-state index contributed by atoms with van der Waals surface area (Å²) in [5, 5.41) is 2.10. The van der Waals surface area contributed by atoms with E-state index < -0.39 is 22.7 Å². The zero-order valence-corrected chi connectivity index (χ0v) is 16.6. The van der Waals surface area contributed by atoms with Gasteiger partial charge in [-0.3, -0.25) is 19.4 Å². The summed E-state index contributed by atoms with van der Waals surface area (Å²) >= 11 is 1.05. The van der Waals surface area contributed by atoms with Crippen molar-refractivity contribution in [2.45, 2.75) is 30.7 Å². The average Bonchev–Trinajstić information content (AvgIpc) is 2.69. The highest BCUT2D eigenvalue weighted by atomic mass is 32.2. The molecule has 4 N–H and O–H groups in total. The number of thioether (sulfide) groups is 1. The SMILES string of the molecule is CCOC(=O)[C@@H](CC)Sc1nc(N)c(NC(=O)c2ccc(OC)cc2)c(=O)[nH]1. The van der Waals surface area contributed by atoms with Gasteiger partial charge in [-0.15, -0.1) is 0 Å². The van der Waals surface area contributed by atoms with Crippen LogP contribution >= 0.6 is 11.8 Å². The molecule has 0 saturated heterocycles. The number of nitrogens with one attached hydrogen (secondary N) is 2. The Kier molecular flexibility index (Phi) is 7.44. The van der Waals surface area contributed by atoms with Gasteiger partial charge in [-0.2, -0.15) is 0 Å². The third-order valence-electron chi connectivity index (χ3n) is 3.69. The number of rotatable bonds is 8. The van der Waals surface area contributed by atoms with Crippen LogP contribution in [-0.2, 0) is 9.53 Å². The molecule has 0 aliphatic carbocycles. The largest absolute Gasteiger partial charge is 0.497 e. The van der Waals surface area contributed by atoms with E-state index in [4.69, 9.17) is 15.2 Å². The van der Waals surface area contributed by atoms with Crippen LogP contribution in [0.15, 0.2) is 34.2 Å². The van der Waals surface area contributed by atoms with E-state index in [1.807, 2.05) is 6.92 Å². The number of methoxy groups -OCH3 is 1. The fourth-order valence-electron chi connectivity index (χ4n) is 2.24. The summed E-state index contributed by atoms with van der Waals surface area (Å²) in [7, 11) is 1.52. The van der Waals surface area contributed by atoms with Gasteiger partial charge in [0.15, 0.2) is 11.0 Å². The van der Waals surface area contributed by atoms with Gasteiger partial charge in [0.2, 0.25) is 0 Å². The highest BCUT2D eigenvalue weighted by molar-refractivity contribution is 8.00. The van der Waals surface area contributed by atoms with Crippen molar-refractivity contribution in [3.8, 4) is 5.75 Å². The standard InChI is InChI=1S/C18H22N4O5S/c1-4-12(17(25)27-5-2)28-18-21-14(19)13(16(24)22-18)20-15(23)10-6-8-11(26-3)9-7-10/h6-9,12H,4-5H2,1-3H3,(H,20,23)(H3,19,21,22,24)/t12-/m1/s1. The number of amides is 1. The molecule has 1 amide bonds. The molecule has 0 saturated carbocycles. The lowest BCUT2D eigenvalue weighted by molar-refractivity contribution is -0.142. The van der Waals surface area contributed by atoms with Crippen molar-refractivity contribution in [1.82, 2.24) is 9.97 Å². The molecule has 0 aliphatic heterocycles. The van der Waals surface area contributed by atoms with Crippen molar-refractivity contribution in [2.75, 3.05) is 24.8 Å². The number of nitrogens with zero attached hydrogens (tertiary/aromatic N) is 1. The third-order valence-corrected chi connectivity index (χ3v) is 4.92. The molecule has 10 heteroatoms. The summed E-state index contributed by atoms with van der Waals surface area (Å²) < 4.78 is 10.0. The van der Waals surface area contributed by atoms with Gasteiger partial charge in [-0.1, -0.05) is 18.7 Å². The first-order valence-corrected chi connectivity index (χ1v) is 9.46. The molecular weight excluding hydrogens is 384 g/mol. The number of nitrogen functional groups attached to an aromatic ring is 1. The minimum atomic E-state index is -0.615. The molecule has 2 rings (SSSR count). The topological polar surface area (TPSA) is 136 Å². The van der Waals surface area contributed by atoms with E-state index >= 15 is 0 Å². The van der Waals surface area contributed by atoms with E-state index in [1.54, 1.807) is 31.2 Å². The van der Waals surface area contributed by atoms with Crippen molar-refractivity contribution < 1.29 is 19.1 Å². The normalized spacial score (nSPS) is 11.5. The minimum absolute atomic E-state index is 0.146. The quantitative estimate of drug-likeness (QED) is 0.344. The Morgan fingerprint density at radius 2 is 1.96 bits per heavy atom. The van der Waals surface area contributed by atoms with E-state index in [0.717, 1.165) is 11.8 Å². The van der Waals surface area contributed by atoms with E-state index in [0.29, 0.717) is 17.7 Å². The maximum absolute atomic E-state index is 12.4. The number of ether oxygens (including phenoxy) is 2. The van der Waals surface area contributed by atoms with Crippen LogP contribution in [0.4, 0.5) is 11.5 Å². The number of H-pyrrole nitrogens is 1. The first-order valence-electron chi connectivity index (χ1n) is 8.58. The second-order valence-corrected chi connectivity index (χ2v) is 6.77. The number of hydrogen-bond acceptors (Lipinski definition) is 8. The number of aromatic nitrogens is 2. The molecule has 1 atom stereocenters. The van der Waals surface area contributed by atoms with Crippen LogP contribution in [0.2, 0.25) is 0 Å². The maximum Gasteiger partial charge on any atom is 0.319 e. The highest BCUT2D eigenvalue weighted by Gasteiger charge is 2.22. The number of aromatic amines is 1. The van der Waals surface area contributed by atoms with Crippen LogP contribution in [0.25, 0.3) is 0 Å². The molecule has 0 spiro atoms. The van der Waals surface area contributed by atoms with Crippen LogP contribution in [0, 0.1) is 0 Å². The first kappa shape index (κ1) is 21.3. The summed E-state index contributed by atoms with van der Waals surface area (Å²) in [5.41, 5.74) is 5.40. The van der Waals surface area contributed by atoms with Crippen molar-refractivity contribution >= 4 is 35.1 Å². The fraction of sp³-hybridized carbons (Fsp3) is 0.333. The summed E-state index contributed by atoms with van der Waals surface area (Å²) in [5.74, 6) is -0.455. The molecule has 0 fully saturated rings. The van der Waals surface area contributed by atoms with E-state index in [9.17, 15) is 14.4 Å². The number of esters is 1. The Morgan fingerprint density at radius 1 is 1.29 bits per heavy atom. The molecule has 1 aromatic carbocycles. The van der Waals surface area contributed by atoms with Gasteiger partial charge in [0, 0.05) is 5.56 Å². The monoisotopic (exact) mass is 406 g/mol. The summed E-state index contributed by atoms with van der Waals surface area (Å²) in [6.45, 7) is 3.80. The third kappa shape index (κ3) is 5.26. The molecule has 1 aromatic heterocycles. The van der Waals surface area contributed by atoms with Gasteiger partial charge in [0.1, 0.15) is 16.7 Å². The summed E-state index contributed by atoms with van der Waals surface area (Å²) in [6, 6.07) is 6.37. The van der Waals surface area contributed by atoms with E-state index in [1.165, 1.54) is 7.11 Å². The Labute approximate surface area is 166 Å². The molecular formula is C18H22N4O5S. The van der Waals surface area contributed by atoms with Crippen LogP contribution in [-0.4, -0.2) is 40.8 Å². The van der Waals surface area contributed by atoms with Crippen molar-refractivity contribution in [3.63, 3.8) is 0 Å². The zero-order valence-electron chi connectivity index (χ0n) is 15.8. The summed E-state index contributed by atoms with van der Waals surface area (Å²) in [4.78, 5) is 43.2. The maximum atomic E-state index is 12.4. The van der Waals surface area contributed by atoms with E-state index in [2.05, 4.69) is 15.3 Å². The molecule has 28 heavy (non-hydrogen) atoms. The number of carbonyl (C=O) groups is 2. The smallest absolute Gasteiger partial charge is 0.319 e. The Morgan fingerprint density at radius 3 is 2.50 bits per heavy atom. The van der Waals surface area contributed by atoms with Crippen LogP contribution < -0.4 is 21.3 Å². The average molecular weight is 406 g/mol.